The van der Waals surface area contributed by atoms with Crippen LogP contribution in [0.3, 0.4) is 0 Å². The molecule has 1 aliphatic rings. The molecule has 0 aromatic carbocycles. The Balaban J connectivity index is 2.16. The highest BCUT2D eigenvalue weighted by Crippen LogP contribution is 2.45. The molecule has 0 spiro atoms. The third-order valence-electron chi connectivity index (χ3n) is 3.23. The topological polar surface area (TPSA) is 54.0 Å². The molecule has 1 unspecified atom stereocenters. The van der Waals surface area contributed by atoms with E-state index in [0.717, 1.165) is 17.9 Å². The maximum Gasteiger partial charge on any atom is 0.162 e. The van der Waals surface area contributed by atoms with E-state index in [1.807, 2.05) is 28.4 Å². The van der Waals surface area contributed by atoms with Crippen molar-refractivity contribution in [3.8, 4) is 6.07 Å². The minimum Gasteiger partial charge on any atom is -0.285 e. The predicted octanol–water partition coefficient (Wildman–Crippen LogP) is 2.34. The summed E-state index contributed by atoms with van der Waals surface area (Å²) >= 11 is 1.94. The predicted molar refractivity (Wildman–Crippen MR) is 66.7 cm³/mol. The van der Waals surface area contributed by atoms with Gasteiger partial charge >= 0.3 is 0 Å². The lowest BCUT2D eigenvalue weighted by molar-refractivity contribution is 0.598. The Labute approximate surface area is 104 Å². The molecule has 3 heterocycles. The third kappa shape index (κ3) is 1.60. The Morgan fingerprint density at radius 1 is 1.53 bits per heavy atom. The van der Waals surface area contributed by atoms with Crippen LogP contribution in [0.2, 0.25) is 0 Å². The normalized spacial score (nSPS) is 24.0. The molecule has 0 bridgehead atoms. The number of thioether (sulfide) groups is 1. The number of hydrogen-bond acceptors (Lipinski definition) is 4. The molecule has 1 atom stereocenters. The average Bonchev–Trinajstić information content (AvgIpc) is 2.95. The second-order valence-corrected chi connectivity index (χ2v) is 6.06. The maximum absolute atomic E-state index is 8.85. The number of hydrogen-bond donors (Lipinski definition) is 0. The van der Waals surface area contributed by atoms with Crippen LogP contribution >= 0.6 is 11.8 Å². The lowest BCUT2D eigenvalue weighted by Crippen LogP contribution is -2.17. The van der Waals surface area contributed by atoms with E-state index < -0.39 is 0 Å². The Morgan fingerprint density at radius 2 is 2.41 bits per heavy atom. The molecule has 0 saturated carbocycles. The molecule has 1 aliphatic heterocycles. The number of pyridine rings is 1. The molecule has 0 radical (unpaired) electrons. The van der Waals surface area contributed by atoms with Gasteiger partial charge in [-0.3, -0.25) is 4.40 Å². The fourth-order valence-electron chi connectivity index (χ4n) is 2.28. The van der Waals surface area contributed by atoms with E-state index in [1.165, 1.54) is 12.2 Å². The van der Waals surface area contributed by atoms with Crippen LogP contribution < -0.4 is 0 Å². The molecule has 17 heavy (non-hydrogen) atoms. The van der Waals surface area contributed by atoms with Crippen molar-refractivity contribution in [2.24, 2.45) is 0 Å². The van der Waals surface area contributed by atoms with Crippen LogP contribution in [-0.4, -0.2) is 20.4 Å². The second-order valence-electron chi connectivity index (χ2n) is 4.46. The van der Waals surface area contributed by atoms with Gasteiger partial charge < -0.3 is 0 Å². The average molecular weight is 244 g/mol. The van der Waals surface area contributed by atoms with Gasteiger partial charge in [-0.25, -0.2) is 0 Å². The highest BCUT2D eigenvalue weighted by Gasteiger charge is 2.35. The van der Waals surface area contributed by atoms with Crippen molar-refractivity contribution >= 4 is 17.4 Å². The SMILES string of the molecule is CC1(c2nnc3cc(C#N)ccn23)CCCS1. The van der Waals surface area contributed by atoms with E-state index in [2.05, 4.69) is 23.2 Å². The Hall–Kier alpha value is -1.54. The largest absolute Gasteiger partial charge is 0.285 e. The van der Waals surface area contributed by atoms with Gasteiger partial charge in [0.05, 0.1) is 16.4 Å². The molecule has 86 valence electrons. The van der Waals surface area contributed by atoms with Gasteiger partial charge in [-0.2, -0.15) is 5.26 Å². The van der Waals surface area contributed by atoms with Crippen LogP contribution in [-0.2, 0) is 4.75 Å². The number of nitrogens with zero attached hydrogens (tertiary/aromatic N) is 4. The summed E-state index contributed by atoms with van der Waals surface area (Å²) in [5.41, 5.74) is 1.38. The van der Waals surface area contributed by atoms with Gasteiger partial charge in [-0.15, -0.1) is 22.0 Å². The first-order valence-corrected chi connectivity index (χ1v) is 6.61. The van der Waals surface area contributed by atoms with Crippen molar-refractivity contribution < 1.29 is 0 Å². The zero-order valence-corrected chi connectivity index (χ0v) is 10.4. The summed E-state index contributed by atoms with van der Waals surface area (Å²) in [6.07, 6.45) is 4.26. The molecule has 4 nitrogen and oxygen atoms in total. The van der Waals surface area contributed by atoms with Crippen LogP contribution in [0.15, 0.2) is 18.3 Å². The minimum absolute atomic E-state index is 0.0631. The molecule has 5 heteroatoms. The van der Waals surface area contributed by atoms with Gasteiger partial charge in [0.2, 0.25) is 0 Å². The van der Waals surface area contributed by atoms with Gasteiger partial charge in [0.15, 0.2) is 11.5 Å². The minimum atomic E-state index is 0.0631. The summed E-state index contributed by atoms with van der Waals surface area (Å²) in [5.74, 6) is 2.18. The van der Waals surface area contributed by atoms with Crippen LogP contribution in [0.5, 0.6) is 0 Å². The number of nitriles is 1. The fourth-order valence-corrected chi connectivity index (χ4v) is 3.57. The van der Waals surface area contributed by atoms with E-state index in [4.69, 9.17) is 5.26 Å². The summed E-state index contributed by atoms with van der Waals surface area (Å²) in [4.78, 5) is 0. The van der Waals surface area contributed by atoms with E-state index in [-0.39, 0.29) is 4.75 Å². The highest BCUT2D eigenvalue weighted by atomic mass is 32.2. The smallest absolute Gasteiger partial charge is 0.162 e. The Kier molecular flexibility index (Phi) is 2.33. The number of fused-ring (bicyclic) bond motifs is 1. The summed E-state index contributed by atoms with van der Waals surface area (Å²) in [5, 5.41) is 17.3. The van der Waals surface area contributed by atoms with E-state index in [1.54, 1.807) is 6.07 Å². The summed E-state index contributed by atoms with van der Waals surface area (Å²) in [6.45, 7) is 2.22. The molecule has 1 saturated heterocycles. The second kappa shape index (κ2) is 3.74. The van der Waals surface area contributed by atoms with Crippen LogP contribution in [0.1, 0.15) is 31.2 Å². The van der Waals surface area contributed by atoms with Crippen molar-refractivity contribution in [3.05, 3.63) is 29.7 Å². The maximum atomic E-state index is 8.85. The third-order valence-corrected chi connectivity index (χ3v) is 4.75. The first-order valence-electron chi connectivity index (χ1n) is 5.62. The molecule has 0 N–H and O–H groups in total. The van der Waals surface area contributed by atoms with Gasteiger partial charge in [0.25, 0.3) is 0 Å². The van der Waals surface area contributed by atoms with Gasteiger partial charge in [0.1, 0.15) is 0 Å². The van der Waals surface area contributed by atoms with Crippen LogP contribution in [0.25, 0.3) is 5.65 Å². The zero-order chi connectivity index (χ0) is 11.9. The Bertz CT molecular complexity index is 604. The Morgan fingerprint density at radius 3 is 3.12 bits per heavy atom. The summed E-state index contributed by atoms with van der Waals surface area (Å²) in [6, 6.07) is 5.71. The van der Waals surface area contributed by atoms with Crippen LogP contribution in [0.4, 0.5) is 0 Å². The summed E-state index contributed by atoms with van der Waals surface area (Å²) < 4.78 is 2.06. The van der Waals surface area contributed by atoms with Gasteiger partial charge in [0, 0.05) is 12.3 Å². The molecule has 0 amide bonds. The summed E-state index contributed by atoms with van der Waals surface area (Å²) in [7, 11) is 0. The van der Waals surface area contributed by atoms with Crippen LogP contribution in [0, 0.1) is 11.3 Å². The van der Waals surface area contributed by atoms with E-state index >= 15 is 0 Å². The van der Waals surface area contributed by atoms with E-state index in [0.29, 0.717) is 5.56 Å². The first-order chi connectivity index (χ1) is 8.23. The monoisotopic (exact) mass is 244 g/mol. The van der Waals surface area contributed by atoms with Gasteiger partial charge in [-0.05, 0) is 31.6 Å². The molecule has 1 fully saturated rings. The van der Waals surface area contributed by atoms with Crippen molar-refractivity contribution in [3.63, 3.8) is 0 Å². The first kappa shape index (κ1) is 10.6. The lowest BCUT2D eigenvalue weighted by atomic mass is 10.1. The van der Waals surface area contributed by atoms with Crippen molar-refractivity contribution in [2.75, 3.05) is 5.75 Å². The molecule has 2 aromatic rings. The molecular formula is C12H12N4S. The standard InChI is InChI=1S/C12H12N4S/c1-12(4-2-6-17-12)11-15-14-10-7-9(8-13)3-5-16(10)11/h3,5,7H,2,4,6H2,1H3. The van der Waals surface area contributed by atoms with Crippen molar-refractivity contribution in [1.29, 1.82) is 5.26 Å². The quantitative estimate of drug-likeness (QED) is 0.772. The molecule has 0 aliphatic carbocycles. The number of aromatic nitrogens is 3. The van der Waals surface area contributed by atoms with Gasteiger partial charge in [-0.1, -0.05) is 0 Å². The lowest BCUT2D eigenvalue weighted by Gasteiger charge is -2.19. The van der Waals surface area contributed by atoms with Crippen molar-refractivity contribution in [1.82, 2.24) is 14.6 Å². The zero-order valence-electron chi connectivity index (χ0n) is 9.55. The van der Waals surface area contributed by atoms with E-state index in [9.17, 15) is 0 Å². The molecular weight excluding hydrogens is 232 g/mol. The molecule has 3 rings (SSSR count). The van der Waals surface area contributed by atoms with Crippen molar-refractivity contribution in [2.45, 2.75) is 24.5 Å². The number of rotatable bonds is 1. The fraction of sp³-hybridized carbons (Fsp3) is 0.417. The highest BCUT2D eigenvalue weighted by molar-refractivity contribution is 8.00. The molecule has 2 aromatic heterocycles.